The number of halogens is 1. The molecule has 0 fully saturated rings. The summed E-state index contributed by atoms with van der Waals surface area (Å²) in [6, 6.07) is 5.67. The third-order valence-electron chi connectivity index (χ3n) is 4.07. The number of nitrogens with zero attached hydrogens (tertiary/aromatic N) is 6. The maximum Gasteiger partial charge on any atom is 0.235 e. The van der Waals surface area contributed by atoms with Crippen LogP contribution in [0.1, 0.15) is 18.9 Å². The van der Waals surface area contributed by atoms with Gasteiger partial charge in [0, 0.05) is 32.8 Å². The van der Waals surface area contributed by atoms with E-state index in [1.807, 2.05) is 29.7 Å². The molecule has 11 heteroatoms. The highest BCUT2D eigenvalue weighted by molar-refractivity contribution is 8.01. The van der Waals surface area contributed by atoms with Crippen molar-refractivity contribution in [3.63, 3.8) is 0 Å². The van der Waals surface area contributed by atoms with Gasteiger partial charge in [-0.25, -0.2) is 9.97 Å². The van der Waals surface area contributed by atoms with Crippen LogP contribution in [0.25, 0.3) is 11.5 Å². The van der Waals surface area contributed by atoms with Gasteiger partial charge in [0.05, 0.1) is 23.4 Å². The lowest BCUT2D eigenvalue weighted by Gasteiger charge is -2.21. The Kier molecular flexibility index (Phi) is 7.76. The van der Waals surface area contributed by atoms with E-state index in [0.29, 0.717) is 35.8 Å². The SMILES string of the molecule is COCCn1c(NSC(C)C(OC)c2ncc(Cl)cn2)nnc1-c1ccccn1. The van der Waals surface area contributed by atoms with E-state index in [1.165, 1.54) is 11.9 Å². The summed E-state index contributed by atoms with van der Waals surface area (Å²) in [6.45, 7) is 3.12. The maximum atomic E-state index is 5.88. The Balaban J connectivity index is 1.75. The fraction of sp³-hybridized carbons (Fsp3) is 0.389. The second-order valence-corrected chi connectivity index (χ2v) is 7.67. The van der Waals surface area contributed by atoms with Crippen LogP contribution in [0, 0.1) is 0 Å². The maximum absolute atomic E-state index is 5.88. The predicted octanol–water partition coefficient (Wildman–Crippen LogP) is 3.27. The molecule has 9 nitrogen and oxygen atoms in total. The standard InChI is InChI=1S/C18H22ClN7O2S/c1-12(15(28-3)16-21-10-13(19)11-22-16)29-25-18-24-23-17(26(18)8-9-27-2)14-6-4-5-7-20-14/h4-7,10-12,15H,8-9H2,1-3H3,(H,24,25). The number of rotatable bonds is 10. The number of hydrogen-bond acceptors (Lipinski definition) is 9. The molecule has 0 amide bonds. The van der Waals surface area contributed by atoms with Crippen molar-refractivity contribution >= 4 is 29.5 Å². The molecule has 3 rings (SSSR count). The van der Waals surface area contributed by atoms with E-state index in [1.54, 1.807) is 32.8 Å². The second kappa shape index (κ2) is 10.5. The smallest absolute Gasteiger partial charge is 0.235 e. The molecular weight excluding hydrogens is 414 g/mol. The molecule has 0 aliphatic rings. The van der Waals surface area contributed by atoms with Gasteiger partial charge in [-0.2, -0.15) is 0 Å². The second-order valence-electron chi connectivity index (χ2n) is 6.05. The van der Waals surface area contributed by atoms with Crippen molar-refractivity contribution in [2.75, 3.05) is 25.5 Å². The van der Waals surface area contributed by atoms with E-state index in [0.717, 1.165) is 5.69 Å². The Morgan fingerprint density at radius 2 is 1.97 bits per heavy atom. The molecule has 0 saturated heterocycles. The predicted molar refractivity (Wildman–Crippen MR) is 113 cm³/mol. The lowest BCUT2D eigenvalue weighted by atomic mass is 10.2. The minimum Gasteiger partial charge on any atom is -0.383 e. The Bertz CT molecular complexity index is 895. The molecule has 0 aliphatic heterocycles. The molecule has 0 spiro atoms. The van der Waals surface area contributed by atoms with Crippen molar-refractivity contribution in [1.29, 1.82) is 0 Å². The van der Waals surface area contributed by atoms with Gasteiger partial charge >= 0.3 is 0 Å². The van der Waals surface area contributed by atoms with Crippen LogP contribution in [0.4, 0.5) is 5.95 Å². The molecule has 2 atom stereocenters. The largest absolute Gasteiger partial charge is 0.383 e. The summed E-state index contributed by atoms with van der Waals surface area (Å²) in [7, 11) is 3.28. The molecule has 0 aliphatic carbocycles. The van der Waals surface area contributed by atoms with Crippen molar-refractivity contribution in [2.24, 2.45) is 0 Å². The quantitative estimate of drug-likeness (QED) is 0.481. The first-order valence-corrected chi connectivity index (χ1v) is 10.1. The average Bonchev–Trinajstić information content (AvgIpc) is 3.16. The van der Waals surface area contributed by atoms with Gasteiger partial charge in [-0.1, -0.05) is 17.7 Å². The van der Waals surface area contributed by atoms with Crippen LogP contribution in [0.15, 0.2) is 36.8 Å². The van der Waals surface area contributed by atoms with Gasteiger partial charge in [0.2, 0.25) is 5.95 Å². The molecule has 29 heavy (non-hydrogen) atoms. The summed E-state index contributed by atoms with van der Waals surface area (Å²) in [4.78, 5) is 12.9. The molecule has 2 unspecified atom stereocenters. The molecule has 154 valence electrons. The van der Waals surface area contributed by atoms with E-state index in [2.05, 4.69) is 29.9 Å². The van der Waals surface area contributed by atoms with Crippen LogP contribution in [0.5, 0.6) is 0 Å². The van der Waals surface area contributed by atoms with Crippen molar-refractivity contribution in [2.45, 2.75) is 24.8 Å². The lowest BCUT2D eigenvalue weighted by Crippen LogP contribution is -2.19. The molecule has 1 N–H and O–H groups in total. The van der Waals surface area contributed by atoms with Crippen LogP contribution < -0.4 is 4.72 Å². The van der Waals surface area contributed by atoms with Crippen LogP contribution in [0.2, 0.25) is 5.02 Å². The van der Waals surface area contributed by atoms with Gasteiger partial charge < -0.3 is 9.47 Å². The molecule has 3 aromatic heterocycles. The van der Waals surface area contributed by atoms with Gasteiger partial charge in [-0.15, -0.1) is 10.2 Å². The molecule has 0 saturated carbocycles. The highest BCUT2D eigenvalue weighted by Crippen LogP contribution is 2.29. The molecule has 3 heterocycles. The number of anilines is 1. The van der Waals surface area contributed by atoms with E-state index in [-0.39, 0.29) is 11.4 Å². The molecule has 0 aromatic carbocycles. The van der Waals surface area contributed by atoms with Crippen molar-refractivity contribution in [1.82, 2.24) is 29.7 Å². The zero-order valence-electron chi connectivity index (χ0n) is 16.3. The lowest BCUT2D eigenvalue weighted by molar-refractivity contribution is 0.0972. The Labute approximate surface area is 178 Å². The first kappa shape index (κ1) is 21.4. The van der Waals surface area contributed by atoms with Gasteiger partial charge in [-0.05, 0) is 31.0 Å². The topological polar surface area (TPSA) is 99.9 Å². The Hall–Kier alpha value is -2.27. The van der Waals surface area contributed by atoms with Gasteiger partial charge in [0.1, 0.15) is 11.8 Å². The average molecular weight is 436 g/mol. The zero-order chi connectivity index (χ0) is 20.6. The van der Waals surface area contributed by atoms with Gasteiger partial charge in [0.15, 0.2) is 11.6 Å². The van der Waals surface area contributed by atoms with E-state index >= 15 is 0 Å². The van der Waals surface area contributed by atoms with E-state index < -0.39 is 0 Å². The molecule has 3 aromatic rings. The van der Waals surface area contributed by atoms with Gasteiger partial charge in [0.25, 0.3) is 0 Å². The van der Waals surface area contributed by atoms with Crippen LogP contribution in [-0.4, -0.2) is 55.8 Å². The summed E-state index contributed by atoms with van der Waals surface area (Å²) >= 11 is 7.32. The minimum atomic E-state index is -0.324. The molecule has 0 radical (unpaired) electrons. The summed E-state index contributed by atoms with van der Waals surface area (Å²) in [6.07, 6.45) is 4.52. The Morgan fingerprint density at radius 1 is 1.17 bits per heavy atom. The minimum absolute atomic E-state index is 0.0212. The number of aromatic nitrogens is 6. The number of methoxy groups -OCH3 is 2. The first-order chi connectivity index (χ1) is 14.1. The van der Waals surface area contributed by atoms with Crippen molar-refractivity contribution in [3.8, 4) is 11.5 Å². The molecular formula is C18H22ClN7O2S. The summed E-state index contributed by atoms with van der Waals surface area (Å²) in [5.41, 5.74) is 0.742. The zero-order valence-corrected chi connectivity index (χ0v) is 17.9. The normalized spacial score (nSPS) is 13.2. The number of hydrogen-bond donors (Lipinski definition) is 1. The summed E-state index contributed by atoms with van der Waals surface area (Å²) < 4.78 is 16.0. The van der Waals surface area contributed by atoms with E-state index in [4.69, 9.17) is 21.1 Å². The highest BCUT2D eigenvalue weighted by Gasteiger charge is 2.24. The fourth-order valence-electron chi connectivity index (χ4n) is 2.64. The fourth-order valence-corrected chi connectivity index (χ4v) is 3.54. The van der Waals surface area contributed by atoms with Crippen LogP contribution in [0.3, 0.4) is 0 Å². The first-order valence-electron chi connectivity index (χ1n) is 8.89. The number of nitrogens with one attached hydrogen (secondary N) is 1. The van der Waals surface area contributed by atoms with Crippen LogP contribution >= 0.6 is 23.5 Å². The highest BCUT2D eigenvalue weighted by atomic mass is 35.5. The molecule has 0 bridgehead atoms. The van der Waals surface area contributed by atoms with Crippen molar-refractivity contribution < 1.29 is 9.47 Å². The van der Waals surface area contributed by atoms with Gasteiger partial charge in [-0.3, -0.25) is 14.3 Å². The van der Waals surface area contributed by atoms with Crippen LogP contribution in [-0.2, 0) is 16.0 Å². The third-order valence-corrected chi connectivity index (χ3v) is 5.19. The van der Waals surface area contributed by atoms with E-state index in [9.17, 15) is 0 Å². The number of ether oxygens (including phenoxy) is 2. The number of pyridine rings is 1. The van der Waals surface area contributed by atoms with Crippen molar-refractivity contribution in [3.05, 3.63) is 47.6 Å². The monoisotopic (exact) mass is 435 g/mol. The summed E-state index contributed by atoms with van der Waals surface area (Å²) in [5, 5.41) is 9.04. The third kappa shape index (κ3) is 5.41. The Morgan fingerprint density at radius 3 is 2.62 bits per heavy atom. The summed E-state index contributed by atoms with van der Waals surface area (Å²) in [5.74, 6) is 1.84.